The number of nitrogens with one attached hydrogen (secondary N) is 1. The average molecular weight is 313 g/mol. The van der Waals surface area contributed by atoms with Gasteiger partial charge in [-0.1, -0.05) is 0 Å². The van der Waals surface area contributed by atoms with Gasteiger partial charge in [-0.2, -0.15) is 0 Å². The summed E-state index contributed by atoms with van der Waals surface area (Å²) in [5.41, 5.74) is 0. The Bertz CT molecular complexity index is 595. The zero-order valence-corrected chi connectivity index (χ0v) is 12.5. The number of rotatable bonds is 4. The van der Waals surface area contributed by atoms with Crippen LogP contribution in [0.15, 0.2) is 23.1 Å². The van der Waals surface area contributed by atoms with Gasteiger partial charge in [-0.25, -0.2) is 13.1 Å². The van der Waals surface area contributed by atoms with Crippen LogP contribution in [0.2, 0.25) is 0 Å². The molecule has 0 amide bonds. The summed E-state index contributed by atoms with van der Waals surface area (Å²) in [7, 11) is -3.53. The molecule has 21 heavy (non-hydrogen) atoms. The number of benzene rings is 1. The third-order valence-electron chi connectivity index (χ3n) is 3.62. The molecule has 2 heterocycles. The monoisotopic (exact) mass is 313 g/mol. The maximum Gasteiger partial charge on any atom is 0.240 e. The highest BCUT2D eigenvalue weighted by Gasteiger charge is 2.22. The Hall–Kier alpha value is -1.31. The number of hydrogen-bond acceptors (Lipinski definition) is 5. The standard InChI is InChI=1S/C14H19NO5S/c16-21(17,15-9-11-4-7-18-10-11)12-2-3-13-14(8-12)20-6-1-5-19-13/h2-3,8,11,15H,1,4-7,9-10H2/t11-/m0/s1. The van der Waals surface area contributed by atoms with Crippen LogP contribution in [0.3, 0.4) is 0 Å². The summed E-state index contributed by atoms with van der Waals surface area (Å²) in [4.78, 5) is 0.200. The first-order valence-electron chi connectivity index (χ1n) is 7.12. The first-order chi connectivity index (χ1) is 10.1. The Morgan fingerprint density at radius 3 is 2.71 bits per heavy atom. The van der Waals surface area contributed by atoms with Gasteiger partial charge in [0.1, 0.15) is 0 Å². The molecule has 1 saturated heterocycles. The summed E-state index contributed by atoms with van der Waals surface area (Å²) in [5.74, 6) is 1.33. The SMILES string of the molecule is O=S(=O)(NC[C@@H]1CCOC1)c1ccc2c(c1)OCCCO2. The minimum atomic E-state index is -3.53. The van der Waals surface area contributed by atoms with E-state index in [1.807, 2.05) is 0 Å². The topological polar surface area (TPSA) is 73.9 Å². The molecule has 1 aromatic rings. The van der Waals surface area contributed by atoms with Gasteiger partial charge in [0.25, 0.3) is 0 Å². The summed E-state index contributed by atoms with van der Waals surface area (Å²) >= 11 is 0. The molecule has 1 atom stereocenters. The van der Waals surface area contributed by atoms with Crippen molar-refractivity contribution in [1.82, 2.24) is 4.72 Å². The van der Waals surface area contributed by atoms with Gasteiger partial charge in [0.2, 0.25) is 10.0 Å². The van der Waals surface area contributed by atoms with Crippen LogP contribution in [-0.2, 0) is 14.8 Å². The molecule has 1 N–H and O–H groups in total. The molecule has 1 aromatic carbocycles. The lowest BCUT2D eigenvalue weighted by atomic mass is 10.1. The van der Waals surface area contributed by atoms with Gasteiger partial charge in [0.15, 0.2) is 11.5 Å². The molecule has 1 fully saturated rings. The molecule has 0 aliphatic carbocycles. The molecule has 0 unspecified atom stereocenters. The maximum atomic E-state index is 12.3. The zero-order chi connectivity index (χ0) is 14.7. The summed E-state index contributed by atoms with van der Waals surface area (Å²) in [6, 6.07) is 4.71. The predicted molar refractivity (Wildman–Crippen MR) is 76.2 cm³/mol. The molecule has 0 bridgehead atoms. The molecule has 3 rings (SSSR count). The minimum absolute atomic E-state index is 0.200. The van der Waals surface area contributed by atoms with E-state index in [0.717, 1.165) is 12.8 Å². The van der Waals surface area contributed by atoms with E-state index in [-0.39, 0.29) is 10.8 Å². The fraction of sp³-hybridized carbons (Fsp3) is 0.571. The van der Waals surface area contributed by atoms with Crippen LogP contribution in [0.25, 0.3) is 0 Å². The molecule has 0 saturated carbocycles. The number of sulfonamides is 1. The highest BCUT2D eigenvalue weighted by atomic mass is 32.2. The van der Waals surface area contributed by atoms with Gasteiger partial charge < -0.3 is 14.2 Å². The highest BCUT2D eigenvalue weighted by molar-refractivity contribution is 7.89. The van der Waals surface area contributed by atoms with E-state index in [1.54, 1.807) is 12.1 Å². The number of hydrogen-bond donors (Lipinski definition) is 1. The van der Waals surface area contributed by atoms with Gasteiger partial charge >= 0.3 is 0 Å². The minimum Gasteiger partial charge on any atom is -0.490 e. The molecule has 0 spiro atoms. The lowest BCUT2D eigenvalue weighted by molar-refractivity contribution is 0.186. The molecule has 2 aliphatic heterocycles. The first kappa shape index (κ1) is 14.6. The van der Waals surface area contributed by atoms with Crippen molar-refractivity contribution in [1.29, 1.82) is 0 Å². The predicted octanol–water partition coefficient (Wildman–Crippen LogP) is 1.16. The third-order valence-corrected chi connectivity index (χ3v) is 5.04. The summed E-state index contributed by atoms with van der Waals surface area (Å²) < 4.78 is 43.5. The molecule has 2 aliphatic rings. The van der Waals surface area contributed by atoms with Crippen LogP contribution in [-0.4, -0.2) is 41.4 Å². The van der Waals surface area contributed by atoms with Crippen LogP contribution in [0, 0.1) is 5.92 Å². The largest absolute Gasteiger partial charge is 0.490 e. The zero-order valence-electron chi connectivity index (χ0n) is 11.7. The van der Waals surface area contributed by atoms with Crippen LogP contribution < -0.4 is 14.2 Å². The Morgan fingerprint density at radius 1 is 1.14 bits per heavy atom. The van der Waals surface area contributed by atoms with Crippen LogP contribution in [0.4, 0.5) is 0 Å². The quantitative estimate of drug-likeness (QED) is 0.903. The Kier molecular flexibility index (Phi) is 4.32. The summed E-state index contributed by atoms with van der Waals surface area (Å²) in [6.45, 7) is 2.83. The van der Waals surface area contributed by atoms with E-state index in [4.69, 9.17) is 14.2 Å². The third kappa shape index (κ3) is 3.48. The Balaban J connectivity index is 1.73. The smallest absolute Gasteiger partial charge is 0.240 e. The highest BCUT2D eigenvalue weighted by Crippen LogP contribution is 2.31. The van der Waals surface area contributed by atoms with Crippen LogP contribution in [0.1, 0.15) is 12.8 Å². The van der Waals surface area contributed by atoms with Crippen molar-refractivity contribution in [2.24, 2.45) is 5.92 Å². The summed E-state index contributed by atoms with van der Waals surface area (Å²) in [6.07, 6.45) is 1.68. The van der Waals surface area contributed by atoms with Crippen molar-refractivity contribution in [3.63, 3.8) is 0 Å². The van der Waals surface area contributed by atoms with Gasteiger partial charge in [0.05, 0.1) is 24.7 Å². The van der Waals surface area contributed by atoms with Crippen molar-refractivity contribution in [2.75, 3.05) is 33.0 Å². The van der Waals surface area contributed by atoms with Crippen molar-refractivity contribution in [3.05, 3.63) is 18.2 Å². The lowest BCUT2D eigenvalue weighted by Crippen LogP contribution is -2.29. The average Bonchev–Trinajstić information content (AvgIpc) is 2.89. The second kappa shape index (κ2) is 6.21. The van der Waals surface area contributed by atoms with E-state index < -0.39 is 10.0 Å². The molecule has 7 heteroatoms. The normalized spacial score (nSPS) is 22.0. The van der Waals surface area contributed by atoms with Gasteiger partial charge in [-0.15, -0.1) is 0 Å². The lowest BCUT2D eigenvalue weighted by Gasteiger charge is -2.12. The first-order valence-corrected chi connectivity index (χ1v) is 8.60. The van der Waals surface area contributed by atoms with Gasteiger partial charge in [-0.05, 0) is 24.5 Å². The number of fused-ring (bicyclic) bond motifs is 1. The van der Waals surface area contributed by atoms with E-state index in [0.29, 0.717) is 44.5 Å². The van der Waals surface area contributed by atoms with Gasteiger partial charge in [0, 0.05) is 25.6 Å². The fourth-order valence-electron chi connectivity index (χ4n) is 2.37. The van der Waals surface area contributed by atoms with Crippen molar-refractivity contribution in [2.45, 2.75) is 17.7 Å². The molecule has 0 aromatic heterocycles. The van der Waals surface area contributed by atoms with Gasteiger partial charge in [-0.3, -0.25) is 0 Å². The molecule has 6 nitrogen and oxygen atoms in total. The van der Waals surface area contributed by atoms with E-state index in [2.05, 4.69) is 4.72 Å². The maximum absolute atomic E-state index is 12.3. The van der Waals surface area contributed by atoms with Crippen molar-refractivity contribution < 1.29 is 22.6 Å². The molecule has 0 radical (unpaired) electrons. The number of ether oxygens (including phenoxy) is 3. The summed E-state index contributed by atoms with van der Waals surface area (Å²) in [5, 5.41) is 0. The molecular formula is C14H19NO5S. The van der Waals surface area contributed by atoms with Crippen molar-refractivity contribution >= 4 is 10.0 Å². The van der Waals surface area contributed by atoms with Crippen LogP contribution in [0.5, 0.6) is 11.5 Å². The fourth-order valence-corrected chi connectivity index (χ4v) is 3.50. The Morgan fingerprint density at radius 2 is 1.95 bits per heavy atom. The van der Waals surface area contributed by atoms with E-state index >= 15 is 0 Å². The van der Waals surface area contributed by atoms with Crippen molar-refractivity contribution in [3.8, 4) is 11.5 Å². The molecule has 116 valence electrons. The Labute approximate surface area is 124 Å². The van der Waals surface area contributed by atoms with E-state index in [1.165, 1.54) is 6.07 Å². The second-order valence-electron chi connectivity index (χ2n) is 5.24. The van der Waals surface area contributed by atoms with Crippen LogP contribution >= 0.6 is 0 Å². The molecular weight excluding hydrogens is 294 g/mol. The van der Waals surface area contributed by atoms with E-state index in [9.17, 15) is 8.42 Å². The second-order valence-corrected chi connectivity index (χ2v) is 7.01.